The molecule has 0 aromatic carbocycles. The van der Waals surface area contributed by atoms with Gasteiger partial charge in [0.2, 0.25) is 0 Å². The first kappa shape index (κ1) is 19.8. The molecule has 106 valence electrons. The minimum atomic E-state index is -1.76. The smallest absolute Gasteiger partial charge is 0.547 e. The van der Waals surface area contributed by atoms with Gasteiger partial charge in [0.25, 0.3) is 0 Å². The SMILES string of the molecule is O=C([O-])[C@@H](CO)O[C@H]1OC(CO)[C@@H](O)[C@H](O)C1O.[K+]. The van der Waals surface area contributed by atoms with Gasteiger partial charge >= 0.3 is 51.4 Å². The van der Waals surface area contributed by atoms with Gasteiger partial charge in [0.15, 0.2) is 6.29 Å². The topological polar surface area (TPSA) is 160 Å². The third-order valence-electron chi connectivity index (χ3n) is 2.58. The zero-order valence-corrected chi connectivity index (χ0v) is 13.4. The van der Waals surface area contributed by atoms with Gasteiger partial charge in [-0.15, -0.1) is 0 Å². The summed E-state index contributed by atoms with van der Waals surface area (Å²) in [6.45, 7) is -1.59. The number of aliphatic hydroxyl groups excluding tert-OH is 5. The largest absolute Gasteiger partial charge is 1.00 e. The van der Waals surface area contributed by atoms with E-state index in [2.05, 4.69) is 0 Å². The molecule has 0 aliphatic carbocycles. The second-order valence-electron chi connectivity index (χ2n) is 3.82. The van der Waals surface area contributed by atoms with Crippen LogP contribution >= 0.6 is 0 Å². The molecule has 0 aromatic heterocycles. The minimum absolute atomic E-state index is 0. The molecule has 0 bridgehead atoms. The van der Waals surface area contributed by atoms with Crippen LogP contribution in [-0.4, -0.2) is 81.5 Å². The van der Waals surface area contributed by atoms with Crippen LogP contribution < -0.4 is 56.5 Å². The Bertz CT molecular complexity index is 287. The molecule has 6 atom stereocenters. The normalized spacial score (nSPS) is 36.4. The Morgan fingerprint density at radius 3 is 2.21 bits per heavy atom. The number of aliphatic carboxylic acids is 1. The predicted molar refractivity (Wildman–Crippen MR) is 50.7 cm³/mol. The molecule has 0 saturated carbocycles. The van der Waals surface area contributed by atoms with Gasteiger partial charge in [-0.05, 0) is 0 Å². The van der Waals surface area contributed by atoms with Crippen LogP contribution in [0, 0.1) is 0 Å². The van der Waals surface area contributed by atoms with Gasteiger partial charge in [-0.25, -0.2) is 0 Å². The molecule has 1 saturated heterocycles. The molecule has 0 aromatic rings. The standard InChI is InChI=1S/C9H16O9.K/c10-1-3-5(12)6(13)7(14)9(17-3)18-4(2-11)8(15)16;/h3-7,9-14H,1-2H2,(H,15,16);/q;+1/p-1/t3?,4-,5-,6+,7?,9-;/m1./s1. The summed E-state index contributed by atoms with van der Waals surface area (Å²) in [6, 6.07) is 0. The van der Waals surface area contributed by atoms with Crippen LogP contribution in [0.15, 0.2) is 0 Å². The van der Waals surface area contributed by atoms with E-state index in [1.54, 1.807) is 0 Å². The van der Waals surface area contributed by atoms with Crippen molar-refractivity contribution in [1.29, 1.82) is 0 Å². The van der Waals surface area contributed by atoms with E-state index in [1.165, 1.54) is 0 Å². The Kier molecular flexibility index (Phi) is 9.36. The van der Waals surface area contributed by atoms with Gasteiger partial charge in [0.1, 0.15) is 30.5 Å². The number of carbonyl (C=O) groups excluding carboxylic acids is 1. The first-order valence-corrected chi connectivity index (χ1v) is 5.20. The van der Waals surface area contributed by atoms with E-state index in [9.17, 15) is 25.2 Å². The number of carboxylic acid groups (broad SMARTS) is 1. The maximum atomic E-state index is 10.5. The fraction of sp³-hybridized carbons (Fsp3) is 0.889. The first-order valence-electron chi connectivity index (χ1n) is 5.20. The fourth-order valence-corrected chi connectivity index (χ4v) is 1.51. The van der Waals surface area contributed by atoms with Crippen LogP contribution in [0.1, 0.15) is 0 Å². The summed E-state index contributed by atoms with van der Waals surface area (Å²) in [7, 11) is 0. The Hall–Kier alpha value is 0.826. The van der Waals surface area contributed by atoms with E-state index >= 15 is 0 Å². The fourth-order valence-electron chi connectivity index (χ4n) is 1.51. The third kappa shape index (κ3) is 4.95. The number of rotatable bonds is 5. The monoisotopic (exact) mass is 306 g/mol. The van der Waals surface area contributed by atoms with Crippen LogP contribution in [0.25, 0.3) is 0 Å². The molecular formula is C9H15KO9. The molecule has 1 rings (SSSR count). The van der Waals surface area contributed by atoms with Gasteiger partial charge in [-0.1, -0.05) is 0 Å². The number of hydrogen-bond donors (Lipinski definition) is 5. The van der Waals surface area contributed by atoms with Crippen molar-refractivity contribution in [2.24, 2.45) is 0 Å². The Balaban J connectivity index is 0.00000324. The number of carbonyl (C=O) groups is 1. The summed E-state index contributed by atoms with van der Waals surface area (Å²) in [4.78, 5) is 10.5. The molecule has 1 aliphatic heterocycles. The molecule has 9 nitrogen and oxygen atoms in total. The molecule has 0 radical (unpaired) electrons. The number of hydrogen-bond acceptors (Lipinski definition) is 9. The molecule has 0 spiro atoms. The maximum absolute atomic E-state index is 10.5. The minimum Gasteiger partial charge on any atom is -0.547 e. The van der Waals surface area contributed by atoms with E-state index in [4.69, 9.17) is 19.7 Å². The van der Waals surface area contributed by atoms with Crippen molar-refractivity contribution in [3.63, 3.8) is 0 Å². The summed E-state index contributed by atoms with van der Waals surface area (Å²) in [5.74, 6) is -1.73. The van der Waals surface area contributed by atoms with E-state index in [-0.39, 0.29) is 51.4 Å². The van der Waals surface area contributed by atoms with Crippen molar-refractivity contribution in [2.45, 2.75) is 36.8 Å². The van der Waals surface area contributed by atoms with Crippen LogP contribution in [0.2, 0.25) is 0 Å². The average Bonchev–Trinajstić information content (AvgIpc) is 2.35. The van der Waals surface area contributed by atoms with Crippen molar-refractivity contribution in [2.75, 3.05) is 13.2 Å². The van der Waals surface area contributed by atoms with Gasteiger partial charge < -0.3 is 44.9 Å². The summed E-state index contributed by atoms with van der Waals surface area (Å²) >= 11 is 0. The molecule has 1 fully saturated rings. The quantitative estimate of drug-likeness (QED) is 0.311. The summed E-state index contributed by atoms with van der Waals surface area (Å²) in [5.41, 5.74) is 0. The maximum Gasteiger partial charge on any atom is 1.00 e. The van der Waals surface area contributed by atoms with E-state index in [0.717, 1.165) is 0 Å². The van der Waals surface area contributed by atoms with Crippen molar-refractivity contribution in [3.8, 4) is 0 Å². The van der Waals surface area contributed by atoms with E-state index < -0.39 is 56.0 Å². The van der Waals surface area contributed by atoms with Crippen molar-refractivity contribution < 1.29 is 96.3 Å². The average molecular weight is 306 g/mol. The van der Waals surface area contributed by atoms with E-state index in [0.29, 0.717) is 0 Å². The molecular weight excluding hydrogens is 291 g/mol. The van der Waals surface area contributed by atoms with Crippen LogP contribution in [0.4, 0.5) is 0 Å². The molecule has 1 heterocycles. The third-order valence-corrected chi connectivity index (χ3v) is 2.58. The van der Waals surface area contributed by atoms with Crippen molar-refractivity contribution in [3.05, 3.63) is 0 Å². The van der Waals surface area contributed by atoms with Crippen LogP contribution in [0.5, 0.6) is 0 Å². The molecule has 5 N–H and O–H groups in total. The zero-order valence-electron chi connectivity index (χ0n) is 10.2. The van der Waals surface area contributed by atoms with Crippen molar-refractivity contribution >= 4 is 5.97 Å². The van der Waals surface area contributed by atoms with Crippen molar-refractivity contribution in [1.82, 2.24) is 0 Å². The van der Waals surface area contributed by atoms with Crippen LogP contribution in [-0.2, 0) is 14.3 Å². The van der Waals surface area contributed by atoms with Gasteiger partial charge in [-0.2, -0.15) is 0 Å². The number of carboxylic acids is 1. The molecule has 2 unspecified atom stereocenters. The molecule has 1 aliphatic rings. The molecule has 10 heteroatoms. The molecule has 0 amide bonds. The van der Waals surface area contributed by atoms with E-state index in [1.807, 2.05) is 0 Å². The predicted octanol–water partition coefficient (Wildman–Crippen LogP) is -8.08. The second kappa shape index (κ2) is 8.97. The second-order valence-corrected chi connectivity index (χ2v) is 3.82. The molecule has 19 heavy (non-hydrogen) atoms. The number of ether oxygens (including phenoxy) is 2. The van der Waals surface area contributed by atoms with Gasteiger partial charge in [0, 0.05) is 0 Å². The number of aliphatic hydroxyl groups is 5. The van der Waals surface area contributed by atoms with Crippen LogP contribution in [0.3, 0.4) is 0 Å². The Labute approximate surface area is 151 Å². The summed E-state index contributed by atoms with van der Waals surface area (Å²) in [6.07, 6.45) is -9.56. The Morgan fingerprint density at radius 1 is 1.21 bits per heavy atom. The summed E-state index contributed by atoms with van der Waals surface area (Å²) < 4.78 is 9.58. The van der Waals surface area contributed by atoms with Gasteiger partial charge in [-0.3, -0.25) is 0 Å². The Morgan fingerprint density at radius 2 is 1.79 bits per heavy atom. The van der Waals surface area contributed by atoms with Gasteiger partial charge in [0.05, 0.1) is 19.2 Å². The summed E-state index contributed by atoms with van der Waals surface area (Å²) in [5, 5.41) is 56.4. The zero-order chi connectivity index (χ0) is 13.9. The first-order chi connectivity index (χ1) is 8.42.